The number of hydrogen-bond donors (Lipinski definition) is 1. The minimum Gasteiger partial charge on any atom is -0.395 e. The number of unbranched alkanes of at least 4 members (excludes halogenated alkanes) is 1. The molecule has 0 unspecified atom stereocenters. The maximum absolute atomic E-state index is 11.1. The summed E-state index contributed by atoms with van der Waals surface area (Å²) in [7, 11) is 0. The molecule has 0 aromatic heterocycles. The van der Waals surface area contributed by atoms with Gasteiger partial charge in [-0.15, -0.1) is 0 Å². The lowest BCUT2D eigenvalue weighted by molar-refractivity contribution is -0.384. The van der Waals surface area contributed by atoms with Crippen molar-refractivity contribution in [1.29, 1.82) is 0 Å². The van der Waals surface area contributed by atoms with E-state index in [1.54, 1.807) is 19.1 Å². The second-order valence-corrected chi connectivity index (χ2v) is 4.26. The zero-order valence-corrected chi connectivity index (χ0v) is 10.9. The van der Waals surface area contributed by atoms with Crippen molar-refractivity contribution >= 4 is 11.4 Å². The molecule has 5 heteroatoms. The summed E-state index contributed by atoms with van der Waals surface area (Å²) in [6.45, 7) is 4.95. The molecule has 18 heavy (non-hydrogen) atoms. The van der Waals surface area contributed by atoms with E-state index in [1.807, 2.05) is 11.0 Å². The van der Waals surface area contributed by atoms with Crippen molar-refractivity contribution in [3.8, 4) is 0 Å². The van der Waals surface area contributed by atoms with E-state index in [0.717, 1.165) is 19.4 Å². The van der Waals surface area contributed by atoms with E-state index in [4.69, 9.17) is 5.11 Å². The summed E-state index contributed by atoms with van der Waals surface area (Å²) >= 11 is 0. The number of nitro benzene ring substituents is 1. The van der Waals surface area contributed by atoms with Gasteiger partial charge in [0.25, 0.3) is 5.69 Å². The Morgan fingerprint density at radius 3 is 2.67 bits per heavy atom. The highest BCUT2D eigenvalue weighted by Gasteiger charge is 2.21. The van der Waals surface area contributed by atoms with Gasteiger partial charge in [-0.25, -0.2) is 0 Å². The highest BCUT2D eigenvalue weighted by molar-refractivity contribution is 5.66. The lowest BCUT2D eigenvalue weighted by atomic mass is 10.1. The molecule has 0 atom stereocenters. The molecule has 0 heterocycles. The molecule has 1 N–H and O–H groups in total. The van der Waals surface area contributed by atoms with Gasteiger partial charge in [-0.3, -0.25) is 10.1 Å². The number of aliphatic hydroxyl groups is 1. The Balaban J connectivity index is 3.10. The van der Waals surface area contributed by atoms with Gasteiger partial charge in [0.15, 0.2) is 0 Å². The number of rotatable bonds is 7. The molecule has 0 radical (unpaired) electrons. The van der Waals surface area contributed by atoms with Crippen LogP contribution in [0.4, 0.5) is 11.4 Å². The molecule has 0 saturated carbocycles. The Labute approximate surface area is 107 Å². The van der Waals surface area contributed by atoms with Crippen molar-refractivity contribution in [2.24, 2.45) is 0 Å². The summed E-state index contributed by atoms with van der Waals surface area (Å²) in [6.07, 6.45) is 1.96. The number of para-hydroxylation sites is 1. The molecule has 0 fully saturated rings. The molecule has 0 aliphatic heterocycles. The van der Waals surface area contributed by atoms with Crippen molar-refractivity contribution in [2.45, 2.75) is 26.7 Å². The van der Waals surface area contributed by atoms with Gasteiger partial charge >= 0.3 is 0 Å². The van der Waals surface area contributed by atoms with Crippen molar-refractivity contribution in [1.82, 2.24) is 0 Å². The molecule has 100 valence electrons. The lowest BCUT2D eigenvalue weighted by Crippen LogP contribution is -2.28. The zero-order valence-electron chi connectivity index (χ0n) is 10.9. The van der Waals surface area contributed by atoms with E-state index < -0.39 is 0 Å². The first-order valence-corrected chi connectivity index (χ1v) is 6.21. The van der Waals surface area contributed by atoms with Crippen molar-refractivity contribution in [2.75, 3.05) is 24.6 Å². The molecule has 0 aliphatic carbocycles. The van der Waals surface area contributed by atoms with Gasteiger partial charge < -0.3 is 10.0 Å². The molecule has 1 aromatic rings. The summed E-state index contributed by atoms with van der Waals surface area (Å²) in [5, 5.41) is 20.2. The van der Waals surface area contributed by atoms with Crippen LogP contribution in [0.25, 0.3) is 0 Å². The molecule has 0 bridgehead atoms. The van der Waals surface area contributed by atoms with Crippen LogP contribution in [-0.4, -0.2) is 29.7 Å². The van der Waals surface area contributed by atoms with E-state index in [9.17, 15) is 10.1 Å². The Bertz CT molecular complexity index is 407. The summed E-state index contributed by atoms with van der Waals surface area (Å²) in [6, 6.07) is 5.29. The van der Waals surface area contributed by atoms with Crippen molar-refractivity contribution < 1.29 is 10.0 Å². The zero-order chi connectivity index (χ0) is 13.5. The fourth-order valence-corrected chi connectivity index (χ4v) is 1.96. The third-order valence-electron chi connectivity index (χ3n) is 2.89. The maximum atomic E-state index is 11.1. The fraction of sp³-hybridized carbons (Fsp3) is 0.538. The summed E-state index contributed by atoms with van der Waals surface area (Å²) in [5.74, 6) is 0. The van der Waals surface area contributed by atoms with Crippen LogP contribution in [-0.2, 0) is 0 Å². The van der Waals surface area contributed by atoms with E-state index in [2.05, 4.69) is 6.92 Å². The van der Waals surface area contributed by atoms with Crippen molar-refractivity contribution in [3.63, 3.8) is 0 Å². The topological polar surface area (TPSA) is 66.6 Å². The summed E-state index contributed by atoms with van der Waals surface area (Å²) in [5.41, 5.74) is 1.39. The third kappa shape index (κ3) is 3.43. The van der Waals surface area contributed by atoms with Crippen molar-refractivity contribution in [3.05, 3.63) is 33.9 Å². The maximum Gasteiger partial charge on any atom is 0.295 e. The van der Waals surface area contributed by atoms with Gasteiger partial charge in [0.1, 0.15) is 5.69 Å². The number of hydrogen-bond acceptors (Lipinski definition) is 4. The Morgan fingerprint density at radius 2 is 2.11 bits per heavy atom. The van der Waals surface area contributed by atoms with E-state index in [-0.39, 0.29) is 17.2 Å². The SMILES string of the molecule is CCCCN(CCO)c1cccc(C)c1[N+](=O)[O-]. The Hall–Kier alpha value is -1.62. The predicted molar refractivity (Wildman–Crippen MR) is 72.0 cm³/mol. The van der Waals surface area contributed by atoms with Gasteiger partial charge in [0, 0.05) is 18.7 Å². The minimum absolute atomic E-state index is 0.00515. The number of nitrogens with zero attached hydrogens (tertiary/aromatic N) is 2. The first kappa shape index (κ1) is 14.4. The van der Waals surface area contributed by atoms with Gasteiger partial charge in [-0.2, -0.15) is 0 Å². The van der Waals surface area contributed by atoms with E-state index in [0.29, 0.717) is 17.8 Å². The van der Waals surface area contributed by atoms with Crippen LogP contribution in [0, 0.1) is 17.0 Å². The van der Waals surface area contributed by atoms with Crippen LogP contribution in [0.1, 0.15) is 25.3 Å². The molecule has 1 rings (SSSR count). The average Bonchev–Trinajstić information content (AvgIpc) is 2.33. The van der Waals surface area contributed by atoms with Crippen LogP contribution >= 0.6 is 0 Å². The van der Waals surface area contributed by atoms with Crippen LogP contribution in [0.2, 0.25) is 0 Å². The van der Waals surface area contributed by atoms with Crippen LogP contribution in [0.3, 0.4) is 0 Å². The number of aliphatic hydroxyl groups excluding tert-OH is 1. The standard InChI is InChI=1S/C13H20N2O3/c1-3-4-8-14(9-10-16)12-7-5-6-11(2)13(12)15(17)18/h5-7,16H,3-4,8-10H2,1-2H3. The second kappa shape index (κ2) is 6.96. The van der Waals surface area contributed by atoms with Gasteiger partial charge in [0.05, 0.1) is 11.5 Å². The molecular weight excluding hydrogens is 232 g/mol. The van der Waals surface area contributed by atoms with Crippen LogP contribution in [0.5, 0.6) is 0 Å². The summed E-state index contributed by atoms with van der Waals surface area (Å²) in [4.78, 5) is 12.7. The Kier molecular flexibility index (Phi) is 5.58. The lowest BCUT2D eigenvalue weighted by Gasteiger charge is -2.23. The second-order valence-electron chi connectivity index (χ2n) is 4.26. The van der Waals surface area contributed by atoms with Crippen LogP contribution in [0.15, 0.2) is 18.2 Å². The minimum atomic E-state index is -0.346. The number of aryl methyl sites for hydroxylation is 1. The largest absolute Gasteiger partial charge is 0.395 e. The number of benzene rings is 1. The molecule has 5 nitrogen and oxygen atoms in total. The molecular formula is C13H20N2O3. The monoisotopic (exact) mass is 252 g/mol. The molecule has 0 aliphatic rings. The highest BCUT2D eigenvalue weighted by Crippen LogP contribution is 2.31. The quantitative estimate of drug-likeness (QED) is 0.598. The smallest absolute Gasteiger partial charge is 0.295 e. The molecule has 1 aromatic carbocycles. The highest BCUT2D eigenvalue weighted by atomic mass is 16.6. The van der Waals surface area contributed by atoms with Gasteiger partial charge in [0.2, 0.25) is 0 Å². The average molecular weight is 252 g/mol. The first-order chi connectivity index (χ1) is 8.61. The molecule has 0 spiro atoms. The van der Waals surface area contributed by atoms with Gasteiger partial charge in [-0.1, -0.05) is 25.5 Å². The molecule has 0 saturated heterocycles. The summed E-state index contributed by atoms with van der Waals surface area (Å²) < 4.78 is 0. The van der Waals surface area contributed by atoms with E-state index in [1.165, 1.54) is 0 Å². The predicted octanol–water partition coefficient (Wildman–Crippen LogP) is 2.50. The van der Waals surface area contributed by atoms with E-state index >= 15 is 0 Å². The Morgan fingerprint density at radius 1 is 1.39 bits per heavy atom. The fourth-order valence-electron chi connectivity index (χ4n) is 1.96. The first-order valence-electron chi connectivity index (χ1n) is 6.21. The number of nitro groups is 1. The normalized spacial score (nSPS) is 10.4. The third-order valence-corrected chi connectivity index (χ3v) is 2.89. The molecule has 0 amide bonds. The number of anilines is 1. The van der Waals surface area contributed by atoms with Gasteiger partial charge in [-0.05, 0) is 19.4 Å². The van der Waals surface area contributed by atoms with Crippen LogP contribution < -0.4 is 4.90 Å².